The molecular weight excluding hydrogens is 206 g/mol. The summed E-state index contributed by atoms with van der Waals surface area (Å²) in [7, 11) is 0. The third-order valence-corrected chi connectivity index (χ3v) is 2.71. The number of hydrogen-bond donors (Lipinski definition) is 1. The molecule has 1 N–H and O–H groups in total. The Morgan fingerprint density at radius 3 is 2.56 bits per heavy atom. The van der Waals surface area contributed by atoms with Crippen LogP contribution in [0.4, 0.5) is 0 Å². The van der Waals surface area contributed by atoms with Gasteiger partial charge < -0.3 is 10.2 Å². The lowest BCUT2D eigenvalue weighted by atomic mass is 10.1. The number of rotatable bonds is 3. The van der Waals surface area contributed by atoms with Gasteiger partial charge in [0.05, 0.1) is 12.6 Å². The number of piperidine rings is 1. The van der Waals surface area contributed by atoms with E-state index in [4.69, 9.17) is 5.26 Å². The zero-order valence-electron chi connectivity index (χ0n) is 9.53. The maximum absolute atomic E-state index is 11.6. The molecule has 1 rings (SSSR count). The highest BCUT2D eigenvalue weighted by molar-refractivity contribution is 5.86. The van der Waals surface area contributed by atoms with Crippen LogP contribution >= 0.6 is 0 Å². The zero-order valence-corrected chi connectivity index (χ0v) is 9.53. The largest absolute Gasteiger partial charge is 0.346 e. The number of nitriles is 1. The van der Waals surface area contributed by atoms with Crippen LogP contribution in [0, 0.1) is 17.2 Å². The van der Waals surface area contributed by atoms with Crippen molar-refractivity contribution >= 4 is 11.8 Å². The Hall–Kier alpha value is -1.57. The molecule has 2 amide bonds. The van der Waals surface area contributed by atoms with Crippen molar-refractivity contribution in [2.75, 3.05) is 19.6 Å². The van der Waals surface area contributed by atoms with Gasteiger partial charge in [0.1, 0.15) is 5.92 Å². The first-order chi connectivity index (χ1) is 7.65. The summed E-state index contributed by atoms with van der Waals surface area (Å²) < 4.78 is 0. The fraction of sp³-hybridized carbons (Fsp3) is 0.727. The number of hydrogen-bond acceptors (Lipinski definition) is 3. The van der Waals surface area contributed by atoms with Crippen LogP contribution < -0.4 is 5.32 Å². The van der Waals surface area contributed by atoms with Gasteiger partial charge in [0.25, 0.3) is 0 Å². The smallest absolute Gasteiger partial charge is 0.241 e. The predicted molar refractivity (Wildman–Crippen MR) is 58.2 cm³/mol. The molecule has 1 saturated heterocycles. The average molecular weight is 223 g/mol. The van der Waals surface area contributed by atoms with Crippen molar-refractivity contribution in [1.29, 1.82) is 5.26 Å². The van der Waals surface area contributed by atoms with Crippen molar-refractivity contribution in [1.82, 2.24) is 10.2 Å². The molecule has 0 bridgehead atoms. The zero-order chi connectivity index (χ0) is 12.0. The highest BCUT2D eigenvalue weighted by Crippen LogP contribution is 2.08. The topological polar surface area (TPSA) is 73.2 Å². The van der Waals surface area contributed by atoms with Crippen LogP contribution in [-0.2, 0) is 9.59 Å². The van der Waals surface area contributed by atoms with Gasteiger partial charge >= 0.3 is 0 Å². The van der Waals surface area contributed by atoms with Crippen LogP contribution in [0.2, 0.25) is 0 Å². The Morgan fingerprint density at radius 2 is 2.00 bits per heavy atom. The lowest BCUT2D eigenvalue weighted by Crippen LogP contribution is -2.43. The number of likely N-dealkylation sites (tertiary alicyclic amines) is 1. The molecule has 0 radical (unpaired) electrons. The molecule has 88 valence electrons. The second-order valence-electron chi connectivity index (χ2n) is 4.01. The summed E-state index contributed by atoms with van der Waals surface area (Å²) in [5.74, 6) is -1.14. The normalized spacial score (nSPS) is 17.4. The van der Waals surface area contributed by atoms with E-state index in [1.807, 2.05) is 6.07 Å². The molecule has 5 nitrogen and oxygen atoms in total. The van der Waals surface area contributed by atoms with E-state index in [2.05, 4.69) is 5.32 Å². The maximum atomic E-state index is 11.6. The highest BCUT2D eigenvalue weighted by atomic mass is 16.2. The summed E-state index contributed by atoms with van der Waals surface area (Å²) in [5.41, 5.74) is 0. The molecule has 0 aromatic heterocycles. The van der Waals surface area contributed by atoms with Gasteiger partial charge in [-0.05, 0) is 26.2 Å². The lowest BCUT2D eigenvalue weighted by Gasteiger charge is -2.26. The number of amides is 2. The first-order valence-corrected chi connectivity index (χ1v) is 5.60. The van der Waals surface area contributed by atoms with Crippen molar-refractivity contribution in [3.8, 4) is 6.07 Å². The Balaban J connectivity index is 2.29. The van der Waals surface area contributed by atoms with E-state index >= 15 is 0 Å². The molecule has 1 aliphatic heterocycles. The van der Waals surface area contributed by atoms with Gasteiger partial charge in [-0.15, -0.1) is 0 Å². The molecule has 1 heterocycles. The van der Waals surface area contributed by atoms with E-state index in [9.17, 15) is 9.59 Å². The van der Waals surface area contributed by atoms with Gasteiger partial charge in [0.15, 0.2) is 0 Å². The molecule has 0 aromatic rings. The summed E-state index contributed by atoms with van der Waals surface area (Å²) in [6.45, 7) is 3.08. The van der Waals surface area contributed by atoms with E-state index in [-0.39, 0.29) is 18.4 Å². The Morgan fingerprint density at radius 1 is 1.38 bits per heavy atom. The fourth-order valence-corrected chi connectivity index (χ4v) is 1.63. The van der Waals surface area contributed by atoms with Gasteiger partial charge in [0, 0.05) is 13.1 Å². The number of carbonyl (C=O) groups is 2. The Bertz CT molecular complexity index is 303. The van der Waals surface area contributed by atoms with Crippen molar-refractivity contribution in [3.63, 3.8) is 0 Å². The molecule has 1 aliphatic rings. The Labute approximate surface area is 95.4 Å². The van der Waals surface area contributed by atoms with Crippen molar-refractivity contribution in [2.45, 2.75) is 26.2 Å². The number of carbonyl (C=O) groups excluding carboxylic acids is 2. The first kappa shape index (κ1) is 12.5. The van der Waals surface area contributed by atoms with Crippen LogP contribution in [0.3, 0.4) is 0 Å². The van der Waals surface area contributed by atoms with Crippen molar-refractivity contribution < 1.29 is 9.59 Å². The summed E-state index contributed by atoms with van der Waals surface area (Å²) in [6, 6.07) is 1.83. The van der Waals surface area contributed by atoms with Gasteiger partial charge in [0.2, 0.25) is 11.8 Å². The first-order valence-electron chi connectivity index (χ1n) is 5.60. The van der Waals surface area contributed by atoms with Gasteiger partial charge in [-0.2, -0.15) is 5.26 Å². The summed E-state index contributed by atoms with van der Waals surface area (Å²) >= 11 is 0. The molecule has 0 aromatic carbocycles. The van der Waals surface area contributed by atoms with Gasteiger partial charge in [-0.3, -0.25) is 9.59 Å². The minimum Gasteiger partial charge on any atom is -0.346 e. The van der Waals surface area contributed by atoms with Crippen LogP contribution in [0.25, 0.3) is 0 Å². The monoisotopic (exact) mass is 223 g/mol. The van der Waals surface area contributed by atoms with Crippen molar-refractivity contribution in [2.24, 2.45) is 5.92 Å². The summed E-state index contributed by atoms with van der Waals surface area (Å²) in [4.78, 5) is 24.7. The molecule has 5 heteroatoms. The van der Waals surface area contributed by atoms with E-state index in [0.29, 0.717) is 0 Å². The molecule has 0 saturated carbocycles. The fourth-order valence-electron chi connectivity index (χ4n) is 1.63. The summed E-state index contributed by atoms with van der Waals surface area (Å²) in [6.07, 6.45) is 3.24. The molecular formula is C11H17N3O2. The number of nitrogens with one attached hydrogen (secondary N) is 1. The van der Waals surface area contributed by atoms with Crippen LogP contribution in [0.1, 0.15) is 26.2 Å². The number of nitrogens with zero attached hydrogens (tertiary/aromatic N) is 2. The van der Waals surface area contributed by atoms with E-state index in [1.165, 1.54) is 13.3 Å². The SMILES string of the molecule is CC(C#N)C(=O)NCC(=O)N1CCCCC1. The second-order valence-corrected chi connectivity index (χ2v) is 4.01. The van der Waals surface area contributed by atoms with Crippen molar-refractivity contribution in [3.05, 3.63) is 0 Å². The second kappa shape index (κ2) is 6.11. The maximum Gasteiger partial charge on any atom is 0.241 e. The standard InChI is InChI=1S/C11H17N3O2/c1-9(7-12)11(16)13-8-10(15)14-5-3-2-4-6-14/h9H,2-6,8H2,1H3,(H,13,16). The summed E-state index contributed by atoms with van der Waals surface area (Å²) in [5, 5.41) is 11.0. The molecule has 0 aliphatic carbocycles. The molecule has 1 unspecified atom stereocenters. The molecule has 0 spiro atoms. The third-order valence-electron chi connectivity index (χ3n) is 2.71. The molecule has 1 atom stereocenters. The minimum absolute atomic E-state index is 0.00481. The third kappa shape index (κ3) is 3.54. The van der Waals surface area contributed by atoms with Crippen LogP contribution in [-0.4, -0.2) is 36.3 Å². The van der Waals surface area contributed by atoms with Gasteiger partial charge in [-0.25, -0.2) is 0 Å². The Kier molecular flexibility index (Phi) is 4.77. The quantitative estimate of drug-likeness (QED) is 0.746. The van der Waals surface area contributed by atoms with E-state index < -0.39 is 5.92 Å². The molecule has 1 fully saturated rings. The van der Waals surface area contributed by atoms with E-state index in [0.717, 1.165) is 25.9 Å². The molecule has 16 heavy (non-hydrogen) atoms. The predicted octanol–water partition coefficient (Wildman–Crippen LogP) is 0.275. The van der Waals surface area contributed by atoms with Gasteiger partial charge in [-0.1, -0.05) is 0 Å². The van der Waals surface area contributed by atoms with Crippen LogP contribution in [0.15, 0.2) is 0 Å². The van der Waals surface area contributed by atoms with Crippen LogP contribution in [0.5, 0.6) is 0 Å². The lowest BCUT2D eigenvalue weighted by molar-refractivity contribution is -0.134. The minimum atomic E-state index is -0.700. The average Bonchev–Trinajstić information content (AvgIpc) is 2.35. The van der Waals surface area contributed by atoms with E-state index in [1.54, 1.807) is 4.90 Å². The highest BCUT2D eigenvalue weighted by Gasteiger charge is 2.18.